The van der Waals surface area contributed by atoms with Crippen molar-refractivity contribution in [2.75, 3.05) is 0 Å². The van der Waals surface area contributed by atoms with Gasteiger partial charge in [-0.1, -0.05) is 15.9 Å². The minimum atomic E-state index is 0.679. The molecule has 1 aliphatic carbocycles. The van der Waals surface area contributed by atoms with Gasteiger partial charge in [-0.05, 0) is 43.5 Å². The van der Waals surface area contributed by atoms with Crippen molar-refractivity contribution in [3.05, 3.63) is 40.3 Å². The first-order valence-corrected chi connectivity index (χ1v) is 6.95. The Bertz CT molecular complexity index is 540. The first kappa shape index (κ1) is 11.9. The van der Waals surface area contributed by atoms with Crippen LogP contribution in [0, 0.1) is 6.92 Å². The number of aromatic nitrogens is 1. The summed E-state index contributed by atoms with van der Waals surface area (Å²) < 4.78 is 6.61. The number of aryl methyl sites for hydroxylation is 1. The van der Waals surface area contributed by atoms with Crippen molar-refractivity contribution in [3.63, 3.8) is 0 Å². The molecule has 3 nitrogen and oxygen atoms in total. The summed E-state index contributed by atoms with van der Waals surface area (Å²) in [5.74, 6) is 0.868. The molecule has 0 bridgehead atoms. The van der Waals surface area contributed by atoms with Crippen molar-refractivity contribution in [1.82, 2.24) is 10.3 Å². The van der Waals surface area contributed by atoms with Crippen LogP contribution in [-0.4, -0.2) is 11.0 Å². The Hall–Kier alpha value is -1.13. The van der Waals surface area contributed by atoms with Gasteiger partial charge in [-0.25, -0.2) is 4.98 Å². The lowest BCUT2D eigenvalue weighted by atomic mass is 10.1. The predicted molar refractivity (Wildman–Crippen MR) is 74.2 cm³/mol. The van der Waals surface area contributed by atoms with Gasteiger partial charge in [0.25, 0.3) is 0 Å². The van der Waals surface area contributed by atoms with E-state index in [0.29, 0.717) is 6.04 Å². The average molecular weight is 307 g/mol. The van der Waals surface area contributed by atoms with Crippen LogP contribution in [0.4, 0.5) is 0 Å². The largest absolute Gasteiger partial charge is 0.443 e. The molecule has 1 aromatic carbocycles. The van der Waals surface area contributed by atoms with Crippen molar-refractivity contribution in [2.45, 2.75) is 32.4 Å². The zero-order valence-corrected chi connectivity index (χ0v) is 11.8. The maximum Gasteiger partial charge on any atom is 0.181 e. The van der Waals surface area contributed by atoms with Crippen molar-refractivity contribution in [2.24, 2.45) is 0 Å². The van der Waals surface area contributed by atoms with Gasteiger partial charge in [-0.3, -0.25) is 0 Å². The highest BCUT2D eigenvalue weighted by molar-refractivity contribution is 9.10. The Morgan fingerprint density at radius 3 is 2.94 bits per heavy atom. The number of nitrogens with zero attached hydrogens (tertiary/aromatic N) is 1. The third-order valence-electron chi connectivity index (χ3n) is 3.08. The zero-order chi connectivity index (χ0) is 12.5. The molecule has 1 aliphatic rings. The summed E-state index contributed by atoms with van der Waals surface area (Å²) in [7, 11) is 0. The fraction of sp³-hybridized carbons (Fsp3) is 0.357. The molecule has 0 amide bonds. The quantitative estimate of drug-likeness (QED) is 0.936. The van der Waals surface area contributed by atoms with E-state index in [0.717, 1.165) is 28.0 Å². The topological polar surface area (TPSA) is 38.1 Å². The van der Waals surface area contributed by atoms with Crippen LogP contribution in [0.5, 0.6) is 0 Å². The molecule has 1 heterocycles. The summed E-state index contributed by atoms with van der Waals surface area (Å²) in [5, 5.41) is 3.46. The van der Waals surface area contributed by atoms with E-state index in [2.05, 4.69) is 51.4 Å². The van der Waals surface area contributed by atoms with E-state index in [1.807, 2.05) is 0 Å². The third kappa shape index (κ3) is 2.65. The van der Waals surface area contributed by atoms with Gasteiger partial charge in [0.05, 0.1) is 0 Å². The minimum Gasteiger partial charge on any atom is -0.443 e. The van der Waals surface area contributed by atoms with Crippen LogP contribution in [0.3, 0.4) is 0 Å². The number of halogens is 1. The molecule has 0 unspecified atom stereocenters. The first-order valence-electron chi connectivity index (χ1n) is 6.15. The fourth-order valence-corrected chi connectivity index (χ4v) is 2.63. The molecule has 4 heteroatoms. The molecule has 0 radical (unpaired) electrons. The van der Waals surface area contributed by atoms with Crippen LogP contribution in [-0.2, 0) is 6.54 Å². The van der Waals surface area contributed by atoms with E-state index in [1.165, 1.54) is 24.8 Å². The number of hydrogen-bond donors (Lipinski definition) is 1. The number of benzene rings is 1. The highest BCUT2D eigenvalue weighted by Crippen LogP contribution is 2.28. The van der Waals surface area contributed by atoms with E-state index >= 15 is 0 Å². The smallest absolute Gasteiger partial charge is 0.181 e. The molecular formula is C14H15BrN2O. The summed E-state index contributed by atoms with van der Waals surface area (Å²) in [4.78, 5) is 4.31. The number of nitrogens with one attached hydrogen (secondary N) is 1. The first-order chi connectivity index (χ1) is 8.72. The van der Waals surface area contributed by atoms with Crippen LogP contribution in [0.25, 0.3) is 11.3 Å². The predicted octanol–water partition coefficient (Wildman–Crippen LogP) is 3.66. The normalized spacial score (nSPS) is 15.0. The Morgan fingerprint density at radius 1 is 1.39 bits per heavy atom. The molecular weight excluding hydrogens is 292 g/mol. The van der Waals surface area contributed by atoms with Crippen molar-refractivity contribution < 1.29 is 4.42 Å². The second-order valence-corrected chi connectivity index (χ2v) is 5.72. The maximum absolute atomic E-state index is 5.54. The van der Waals surface area contributed by atoms with Crippen molar-refractivity contribution in [3.8, 4) is 11.3 Å². The summed E-state index contributed by atoms with van der Waals surface area (Å²) in [6, 6.07) is 6.95. The zero-order valence-electron chi connectivity index (χ0n) is 10.2. The minimum absolute atomic E-state index is 0.679. The molecule has 1 saturated carbocycles. The molecule has 1 aromatic heterocycles. The van der Waals surface area contributed by atoms with Crippen molar-refractivity contribution in [1.29, 1.82) is 0 Å². The van der Waals surface area contributed by atoms with Gasteiger partial charge < -0.3 is 9.73 Å². The molecule has 94 valence electrons. The van der Waals surface area contributed by atoms with Crippen LogP contribution in [0.1, 0.15) is 24.1 Å². The molecule has 1 N–H and O–H groups in total. The van der Waals surface area contributed by atoms with Crippen molar-refractivity contribution >= 4 is 15.9 Å². The van der Waals surface area contributed by atoms with E-state index in [4.69, 9.17) is 4.42 Å². The lowest BCUT2D eigenvalue weighted by Gasteiger charge is -2.04. The molecule has 0 saturated heterocycles. The highest BCUT2D eigenvalue weighted by Gasteiger charge is 2.21. The monoisotopic (exact) mass is 306 g/mol. The fourth-order valence-electron chi connectivity index (χ4n) is 2.03. The lowest BCUT2D eigenvalue weighted by molar-refractivity contribution is 0.569. The van der Waals surface area contributed by atoms with Gasteiger partial charge in [0.2, 0.25) is 0 Å². The standard InChI is InChI=1S/C14H15BrN2O/c1-9-4-10(6-11(15)5-9)14-13(17-8-18-14)7-16-12-2-3-12/h4-6,8,12,16H,2-3,7H2,1H3. The number of oxazole rings is 1. The van der Waals surface area contributed by atoms with E-state index in [1.54, 1.807) is 0 Å². The summed E-state index contributed by atoms with van der Waals surface area (Å²) in [6.07, 6.45) is 4.09. The third-order valence-corrected chi connectivity index (χ3v) is 3.54. The molecule has 0 atom stereocenters. The molecule has 1 fully saturated rings. The number of hydrogen-bond acceptors (Lipinski definition) is 3. The van der Waals surface area contributed by atoms with Gasteiger partial charge in [0.1, 0.15) is 5.69 Å². The second-order valence-electron chi connectivity index (χ2n) is 4.80. The van der Waals surface area contributed by atoms with Crippen LogP contribution >= 0.6 is 15.9 Å². The molecule has 0 aliphatic heterocycles. The van der Waals surface area contributed by atoms with Gasteiger partial charge in [0, 0.05) is 22.6 Å². The summed E-state index contributed by atoms with van der Waals surface area (Å²) >= 11 is 3.52. The summed E-state index contributed by atoms with van der Waals surface area (Å²) in [5.41, 5.74) is 3.27. The summed E-state index contributed by atoms with van der Waals surface area (Å²) in [6.45, 7) is 2.86. The highest BCUT2D eigenvalue weighted by atomic mass is 79.9. The van der Waals surface area contributed by atoms with Gasteiger partial charge in [-0.15, -0.1) is 0 Å². The van der Waals surface area contributed by atoms with Gasteiger partial charge in [0.15, 0.2) is 12.2 Å². The Balaban J connectivity index is 1.87. The Kier molecular flexibility index (Phi) is 3.22. The Labute approximate surface area is 115 Å². The molecule has 0 spiro atoms. The molecule has 18 heavy (non-hydrogen) atoms. The molecule has 2 aromatic rings. The van der Waals surface area contributed by atoms with Crippen LogP contribution in [0.2, 0.25) is 0 Å². The van der Waals surface area contributed by atoms with Crippen LogP contribution in [0.15, 0.2) is 33.5 Å². The number of rotatable bonds is 4. The SMILES string of the molecule is Cc1cc(Br)cc(-c2ocnc2CNC2CC2)c1. The maximum atomic E-state index is 5.54. The molecule has 3 rings (SSSR count). The van der Waals surface area contributed by atoms with E-state index < -0.39 is 0 Å². The average Bonchev–Trinajstić information content (AvgIpc) is 3.02. The van der Waals surface area contributed by atoms with E-state index in [-0.39, 0.29) is 0 Å². The van der Waals surface area contributed by atoms with Crippen LogP contribution < -0.4 is 5.32 Å². The van der Waals surface area contributed by atoms with E-state index in [9.17, 15) is 0 Å². The Morgan fingerprint density at radius 2 is 2.22 bits per heavy atom. The lowest BCUT2D eigenvalue weighted by Crippen LogP contribution is -2.15. The second kappa shape index (κ2) is 4.86. The van der Waals surface area contributed by atoms with Gasteiger partial charge in [-0.2, -0.15) is 0 Å². The van der Waals surface area contributed by atoms with Gasteiger partial charge >= 0.3 is 0 Å².